The molecule has 9 aromatic carbocycles. The average Bonchev–Trinajstić information content (AvgIpc) is 3.61. The second-order valence-corrected chi connectivity index (χ2v) is 14.1. The van der Waals surface area contributed by atoms with E-state index in [-0.39, 0.29) is 0 Å². The van der Waals surface area contributed by atoms with E-state index in [2.05, 4.69) is 162 Å². The van der Waals surface area contributed by atoms with E-state index in [4.69, 9.17) is 9.98 Å². The predicted octanol–water partition coefficient (Wildman–Crippen LogP) is 13.0. The Kier molecular flexibility index (Phi) is 8.34. The fraction of sp³-hybridized carbons (Fsp3) is 0.0192. The van der Waals surface area contributed by atoms with Crippen LogP contribution in [-0.4, -0.2) is 23.0 Å². The largest absolute Gasteiger partial charge is 0.309 e. The van der Waals surface area contributed by atoms with Gasteiger partial charge in [-0.05, 0) is 92.1 Å². The highest BCUT2D eigenvalue weighted by molar-refractivity contribution is 6.27. The molecule has 0 bridgehead atoms. The molecule has 0 aliphatic carbocycles. The number of amidine groups is 2. The van der Waals surface area contributed by atoms with Crippen LogP contribution in [0.5, 0.6) is 0 Å². The smallest absolute Gasteiger partial charge is 0.161 e. The number of rotatable bonds is 6. The number of benzene rings is 9. The Morgan fingerprint density at radius 3 is 1.73 bits per heavy atom. The van der Waals surface area contributed by atoms with E-state index in [1.807, 2.05) is 48.5 Å². The molecule has 264 valence electrons. The molecule has 1 aromatic heterocycles. The first-order valence-corrected chi connectivity index (χ1v) is 18.9. The molecule has 0 amide bonds. The first kappa shape index (κ1) is 33.2. The van der Waals surface area contributed by atoms with E-state index in [1.165, 1.54) is 59.9 Å². The van der Waals surface area contributed by atoms with Crippen molar-refractivity contribution in [1.29, 1.82) is 0 Å². The van der Waals surface area contributed by atoms with Gasteiger partial charge in [0, 0.05) is 27.6 Å². The Bertz CT molecular complexity index is 3140. The minimum atomic E-state index is 0.495. The minimum absolute atomic E-state index is 0.495. The Hall–Kier alpha value is -7.43. The highest BCUT2D eigenvalue weighted by atomic mass is 15.0. The normalized spacial score (nSPS) is 12.3. The lowest BCUT2D eigenvalue weighted by Gasteiger charge is -2.15. The van der Waals surface area contributed by atoms with Crippen LogP contribution >= 0.6 is 0 Å². The Morgan fingerprint density at radius 2 is 1.00 bits per heavy atom. The van der Waals surface area contributed by atoms with Gasteiger partial charge in [0.1, 0.15) is 0 Å². The van der Waals surface area contributed by atoms with E-state index in [9.17, 15) is 0 Å². The number of hydrogen-bond acceptors (Lipinski definition) is 1. The zero-order chi connectivity index (χ0) is 37.4. The van der Waals surface area contributed by atoms with Crippen molar-refractivity contribution in [3.63, 3.8) is 0 Å². The molecule has 0 saturated carbocycles. The number of hydrogen-bond donors (Lipinski definition) is 0. The van der Waals surface area contributed by atoms with Gasteiger partial charge in [-0.25, -0.2) is 9.98 Å². The summed E-state index contributed by atoms with van der Waals surface area (Å²) in [5.41, 5.74) is 8.87. The summed E-state index contributed by atoms with van der Waals surface area (Å²) in [5, 5.41) is 9.61. The van der Waals surface area contributed by atoms with Gasteiger partial charge in [0.25, 0.3) is 0 Å². The summed E-state index contributed by atoms with van der Waals surface area (Å²) in [7, 11) is 0. The molecule has 0 aliphatic heterocycles. The molecule has 0 saturated heterocycles. The van der Waals surface area contributed by atoms with Crippen LogP contribution in [0, 0.1) is 0 Å². The highest BCUT2D eigenvalue weighted by Crippen LogP contribution is 2.39. The van der Waals surface area contributed by atoms with Crippen LogP contribution in [0.25, 0.3) is 70.9 Å². The number of aromatic nitrogens is 1. The van der Waals surface area contributed by atoms with Crippen molar-refractivity contribution in [3.05, 3.63) is 211 Å². The van der Waals surface area contributed by atoms with Crippen LogP contribution in [0.1, 0.15) is 16.7 Å². The average molecular weight is 717 g/mol. The van der Waals surface area contributed by atoms with Crippen molar-refractivity contribution in [2.45, 2.75) is 6.54 Å². The van der Waals surface area contributed by atoms with Crippen molar-refractivity contribution < 1.29 is 0 Å². The topological polar surface area (TPSA) is 42.0 Å². The van der Waals surface area contributed by atoms with Crippen molar-refractivity contribution in [2.24, 2.45) is 15.0 Å². The number of aliphatic imine (C=N–C) groups is 3. The van der Waals surface area contributed by atoms with Crippen LogP contribution in [0.3, 0.4) is 0 Å². The Balaban J connectivity index is 1.15. The van der Waals surface area contributed by atoms with Crippen molar-refractivity contribution in [3.8, 4) is 16.8 Å². The van der Waals surface area contributed by atoms with Gasteiger partial charge in [-0.1, -0.05) is 158 Å². The summed E-state index contributed by atoms with van der Waals surface area (Å²) in [6.45, 7) is 4.36. The van der Waals surface area contributed by atoms with E-state index in [1.54, 1.807) is 0 Å². The second-order valence-electron chi connectivity index (χ2n) is 14.1. The van der Waals surface area contributed by atoms with Gasteiger partial charge in [0.2, 0.25) is 0 Å². The molecule has 56 heavy (non-hydrogen) atoms. The Morgan fingerprint density at radius 1 is 0.411 bits per heavy atom. The molecule has 0 unspecified atom stereocenters. The highest BCUT2D eigenvalue weighted by Gasteiger charge is 2.17. The van der Waals surface area contributed by atoms with Gasteiger partial charge < -0.3 is 4.57 Å². The predicted molar refractivity (Wildman–Crippen MR) is 238 cm³/mol. The molecule has 0 N–H and O–H groups in total. The maximum Gasteiger partial charge on any atom is 0.161 e. The summed E-state index contributed by atoms with van der Waals surface area (Å²) in [4.78, 5) is 14.5. The van der Waals surface area contributed by atoms with Gasteiger partial charge in [-0.15, -0.1) is 0 Å². The Labute approximate surface area is 325 Å². The fourth-order valence-electron chi connectivity index (χ4n) is 8.10. The molecule has 1 heterocycles. The third-order valence-electron chi connectivity index (χ3n) is 10.8. The van der Waals surface area contributed by atoms with Crippen LogP contribution in [0.2, 0.25) is 0 Å². The first-order valence-electron chi connectivity index (χ1n) is 18.9. The van der Waals surface area contributed by atoms with Gasteiger partial charge >= 0.3 is 0 Å². The molecular weight excluding hydrogens is 681 g/mol. The lowest BCUT2D eigenvalue weighted by molar-refractivity contribution is 1.06. The summed E-state index contributed by atoms with van der Waals surface area (Å²) in [6, 6.07) is 68.6. The van der Waals surface area contributed by atoms with Crippen LogP contribution in [0.15, 0.2) is 209 Å². The van der Waals surface area contributed by atoms with E-state index < -0.39 is 0 Å². The molecule has 0 atom stereocenters. The van der Waals surface area contributed by atoms with E-state index >= 15 is 0 Å². The van der Waals surface area contributed by atoms with Crippen molar-refractivity contribution in [1.82, 2.24) is 4.57 Å². The van der Waals surface area contributed by atoms with E-state index in [0.717, 1.165) is 27.8 Å². The van der Waals surface area contributed by atoms with Gasteiger partial charge in [-0.2, -0.15) is 0 Å². The third-order valence-corrected chi connectivity index (χ3v) is 10.8. The van der Waals surface area contributed by atoms with Crippen LogP contribution in [0.4, 0.5) is 0 Å². The molecule has 10 rings (SSSR count). The fourth-order valence-corrected chi connectivity index (χ4v) is 8.10. The molecule has 4 nitrogen and oxygen atoms in total. The number of fused-ring (bicyclic) bond motifs is 9. The lowest BCUT2D eigenvalue weighted by atomic mass is 9.92. The van der Waals surface area contributed by atoms with E-state index in [0.29, 0.717) is 18.2 Å². The number of para-hydroxylation sites is 1. The molecule has 4 heteroatoms. The van der Waals surface area contributed by atoms with Crippen molar-refractivity contribution in [2.75, 3.05) is 0 Å². The second kappa shape index (κ2) is 14.1. The molecule has 0 radical (unpaired) electrons. The van der Waals surface area contributed by atoms with Crippen LogP contribution in [-0.2, 0) is 6.54 Å². The van der Waals surface area contributed by atoms with Crippen LogP contribution < -0.4 is 0 Å². The summed E-state index contributed by atoms with van der Waals surface area (Å²) >= 11 is 0. The van der Waals surface area contributed by atoms with Gasteiger partial charge in [-0.3, -0.25) is 4.99 Å². The standard InChI is InChI=1S/C52H36N4/c1-53-51(37-19-9-4-10-20-37)55-52(54-34-35-15-5-2-6-16-35)39-25-28-43-44-29-27-40(33-47(44)42-22-12-11-21-41(42)46(43)32-39)56-49-24-14-13-23-45(49)48-31-38(26-30-50(48)56)36-17-7-3-8-18-36/h2-33H,1,34H2/b54-52-,55-51-. The number of nitrogens with zero attached hydrogens (tertiary/aromatic N) is 4. The van der Waals surface area contributed by atoms with Gasteiger partial charge in [0.05, 0.1) is 17.6 Å². The SMILES string of the molecule is C=N/C(=N\C(=N/Cc1ccccc1)c1ccc2c3ccc(-n4c5ccccc5c5cc(-c6ccccc6)ccc54)cc3c3ccccc3c2c1)c1ccccc1. The lowest BCUT2D eigenvalue weighted by Crippen LogP contribution is -2.05. The minimum Gasteiger partial charge on any atom is -0.309 e. The third kappa shape index (κ3) is 5.85. The molecule has 10 aromatic rings. The molecular formula is C52H36N4. The summed E-state index contributed by atoms with van der Waals surface area (Å²) in [5.74, 6) is 1.15. The molecule has 0 fully saturated rings. The quantitative estimate of drug-likeness (QED) is 0.0934. The van der Waals surface area contributed by atoms with Gasteiger partial charge in [0.15, 0.2) is 11.7 Å². The monoisotopic (exact) mass is 716 g/mol. The molecule has 0 aliphatic rings. The zero-order valence-corrected chi connectivity index (χ0v) is 30.7. The summed E-state index contributed by atoms with van der Waals surface area (Å²) in [6.07, 6.45) is 0. The summed E-state index contributed by atoms with van der Waals surface area (Å²) < 4.78 is 2.41. The maximum atomic E-state index is 5.08. The maximum absolute atomic E-state index is 5.08. The first-order chi connectivity index (χ1) is 27.7. The van der Waals surface area contributed by atoms with Crippen molar-refractivity contribution >= 4 is 72.5 Å². The molecule has 0 spiro atoms. The zero-order valence-electron chi connectivity index (χ0n) is 30.7.